The molecule has 0 radical (unpaired) electrons. The molecule has 0 saturated carbocycles. The quantitative estimate of drug-likeness (QED) is 0.460. The summed E-state index contributed by atoms with van der Waals surface area (Å²) in [6.45, 7) is 3.74. The molecule has 80 valence electrons. The van der Waals surface area contributed by atoms with Crippen molar-refractivity contribution in [2.45, 2.75) is 32.1 Å². The van der Waals surface area contributed by atoms with E-state index in [4.69, 9.17) is 4.74 Å². The Morgan fingerprint density at radius 3 is 2.00 bits per heavy atom. The van der Waals surface area contributed by atoms with Crippen LogP contribution in [0.5, 0.6) is 0 Å². The molecule has 2 amide bonds. The zero-order valence-electron chi connectivity index (χ0n) is 8.71. The molecule has 0 N–H and O–H groups in total. The largest absolute Gasteiger partial charge is 0.365 e. The number of ether oxygens (including phenoxy) is 1. The molecular weight excluding hydrogens is 194 g/mol. The van der Waals surface area contributed by atoms with E-state index in [1.54, 1.807) is 0 Å². The minimum Gasteiger partial charge on any atom is -0.365 e. The van der Waals surface area contributed by atoms with Crippen LogP contribution < -0.4 is 0 Å². The number of fused-ring (bicyclic) bond motifs is 5. The van der Waals surface area contributed by atoms with Crippen LogP contribution in [-0.4, -0.2) is 35.0 Å². The fraction of sp³-hybridized carbons (Fsp3) is 0.636. The Balaban J connectivity index is 2.00. The molecule has 3 rings (SSSR count). The normalized spacial score (nSPS) is 42.2. The number of hydrogen-bond acceptors (Lipinski definition) is 3. The van der Waals surface area contributed by atoms with Gasteiger partial charge in [-0.05, 0) is 13.8 Å². The average molecular weight is 207 g/mol. The summed E-state index contributed by atoms with van der Waals surface area (Å²) in [5.41, 5.74) is 0. The zero-order valence-corrected chi connectivity index (χ0v) is 8.71. The van der Waals surface area contributed by atoms with Gasteiger partial charge in [0.1, 0.15) is 0 Å². The Bertz CT molecular complexity index is 344. The fourth-order valence-corrected chi connectivity index (χ4v) is 2.84. The fourth-order valence-electron chi connectivity index (χ4n) is 2.84. The van der Waals surface area contributed by atoms with Crippen LogP contribution in [-0.2, 0) is 14.3 Å². The highest BCUT2D eigenvalue weighted by molar-refractivity contribution is 6.07. The Hall–Kier alpha value is -1.16. The number of rotatable bonds is 1. The van der Waals surface area contributed by atoms with Crippen molar-refractivity contribution in [3.63, 3.8) is 0 Å². The highest BCUT2D eigenvalue weighted by atomic mass is 16.5. The van der Waals surface area contributed by atoms with E-state index >= 15 is 0 Å². The van der Waals surface area contributed by atoms with E-state index in [2.05, 4.69) is 0 Å². The van der Waals surface area contributed by atoms with Gasteiger partial charge < -0.3 is 4.74 Å². The third-order valence-electron chi connectivity index (χ3n) is 3.46. The van der Waals surface area contributed by atoms with E-state index in [9.17, 15) is 9.59 Å². The second-order valence-electron chi connectivity index (χ2n) is 4.64. The molecule has 0 aromatic carbocycles. The Kier molecular flexibility index (Phi) is 1.63. The van der Waals surface area contributed by atoms with E-state index < -0.39 is 0 Å². The van der Waals surface area contributed by atoms with Gasteiger partial charge in [0.05, 0.1) is 24.0 Å². The smallest absolute Gasteiger partial charge is 0.236 e. The molecule has 0 aromatic rings. The SMILES string of the molecule is CC(C)N1C(=O)[C@@H]2[C@@H](C1=O)[C@H]1C=C[C@H]2O1. The van der Waals surface area contributed by atoms with Crippen molar-refractivity contribution in [2.75, 3.05) is 0 Å². The van der Waals surface area contributed by atoms with E-state index in [1.807, 2.05) is 26.0 Å². The van der Waals surface area contributed by atoms with Crippen LogP contribution in [0.3, 0.4) is 0 Å². The predicted octanol–water partition coefficient (Wildman–Crippen LogP) is 0.333. The standard InChI is InChI=1S/C11H13NO3/c1-5(2)12-10(13)8-6-3-4-7(15-6)9(8)11(12)14/h3-9H,1-2H3/t6-,7-,8+,9+/m1/s1. The maximum absolute atomic E-state index is 12.0. The van der Waals surface area contributed by atoms with Gasteiger partial charge >= 0.3 is 0 Å². The van der Waals surface area contributed by atoms with Gasteiger partial charge in [0.15, 0.2) is 0 Å². The van der Waals surface area contributed by atoms with Crippen LogP contribution in [0.2, 0.25) is 0 Å². The summed E-state index contributed by atoms with van der Waals surface area (Å²) >= 11 is 0. The van der Waals surface area contributed by atoms with Crippen molar-refractivity contribution in [3.05, 3.63) is 12.2 Å². The van der Waals surface area contributed by atoms with Crippen molar-refractivity contribution in [1.29, 1.82) is 0 Å². The molecule has 4 nitrogen and oxygen atoms in total. The highest BCUT2D eigenvalue weighted by Crippen LogP contribution is 2.45. The molecule has 2 fully saturated rings. The molecule has 3 aliphatic rings. The first-order valence-corrected chi connectivity index (χ1v) is 5.32. The monoisotopic (exact) mass is 207 g/mol. The second kappa shape index (κ2) is 2.70. The molecule has 2 saturated heterocycles. The Labute approximate surface area is 87.9 Å². The van der Waals surface area contributed by atoms with E-state index in [0.717, 1.165) is 0 Å². The maximum Gasteiger partial charge on any atom is 0.236 e. The van der Waals surface area contributed by atoms with Gasteiger partial charge in [-0.25, -0.2) is 0 Å². The lowest BCUT2D eigenvalue weighted by Crippen LogP contribution is -2.39. The first kappa shape index (κ1) is 9.09. The molecule has 3 aliphatic heterocycles. The number of nitrogens with zero attached hydrogens (tertiary/aromatic N) is 1. The molecule has 0 aromatic heterocycles. The number of imide groups is 1. The summed E-state index contributed by atoms with van der Waals surface area (Å²) in [7, 11) is 0. The molecular formula is C11H13NO3. The van der Waals surface area contributed by atoms with E-state index in [1.165, 1.54) is 4.90 Å². The number of likely N-dealkylation sites (tertiary alicyclic amines) is 1. The molecule has 2 bridgehead atoms. The first-order chi connectivity index (χ1) is 7.11. The lowest BCUT2D eigenvalue weighted by molar-refractivity contribution is -0.144. The summed E-state index contributed by atoms with van der Waals surface area (Å²) in [6, 6.07) is -0.0463. The molecule has 0 unspecified atom stereocenters. The molecule has 4 heteroatoms. The summed E-state index contributed by atoms with van der Waals surface area (Å²) in [5, 5.41) is 0. The minimum absolute atomic E-state index is 0.0463. The Morgan fingerprint density at radius 1 is 1.13 bits per heavy atom. The summed E-state index contributed by atoms with van der Waals surface area (Å²) < 4.78 is 5.53. The van der Waals surface area contributed by atoms with Crippen LogP contribution >= 0.6 is 0 Å². The lowest BCUT2D eigenvalue weighted by Gasteiger charge is -2.21. The number of hydrogen-bond donors (Lipinski definition) is 0. The molecule has 0 aliphatic carbocycles. The van der Waals surface area contributed by atoms with Crippen molar-refractivity contribution in [2.24, 2.45) is 11.8 Å². The minimum atomic E-state index is -0.255. The Morgan fingerprint density at radius 2 is 1.60 bits per heavy atom. The van der Waals surface area contributed by atoms with Crippen LogP contribution in [0.4, 0.5) is 0 Å². The third-order valence-corrected chi connectivity index (χ3v) is 3.46. The van der Waals surface area contributed by atoms with Gasteiger partial charge in [0.2, 0.25) is 11.8 Å². The summed E-state index contributed by atoms with van der Waals surface area (Å²) in [4.78, 5) is 25.4. The summed E-state index contributed by atoms with van der Waals surface area (Å²) in [6.07, 6.45) is 3.47. The van der Waals surface area contributed by atoms with Crippen LogP contribution in [0.1, 0.15) is 13.8 Å². The second-order valence-corrected chi connectivity index (χ2v) is 4.64. The van der Waals surface area contributed by atoms with Gasteiger partial charge in [-0.3, -0.25) is 14.5 Å². The lowest BCUT2D eigenvalue weighted by atomic mass is 9.85. The first-order valence-electron chi connectivity index (χ1n) is 5.32. The number of amides is 2. The topological polar surface area (TPSA) is 46.6 Å². The zero-order chi connectivity index (χ0) is 10.7. The number of carbonyl (C=O) groups is 2. The third kappa shape index (κ3) is 0.951. The summed E-state index contributed by atoms with van der Waals surface area (Å²) in [5.74, 6) is -0.626. The van der Waals surface area contributed by atoms with Crippen LogP contribution in [0.25, 0.3) is 0 Å². The van der Waals surface area contributed by atoms with Crippen molar-refractivity contribution >= 4 is 11.8 Å². The number of carbonyl (C=O) groups excluding carboxylic acids is 2. The van der Waals surface area contributed by atoms with E-state index in [0.29, 0.717) is 0 Å². The van der Waals surface area contributed by atoms with Gasteiger partial charge in [0, 0.05) is 6.04 Å². The highest BCUT2D eigenvalue weighted by Gasteiger charge is 2.60. The maximum atomic E-state index is 12.0. The predicted molar refractivity (Wildman–Crippen MR) is 51.8 cm³/mol. The molecule has 3 heterocycles. The molecule has 0 spiro atoms. The van der Waals surface area contributed by atoms with Crippen molar-refractivity contribution in [3.8, 4) is 0 Å². The van der Waals surface area contributed by atoms with E-state index in [-0.39, 0.29) is 41.9 Å². The van der Waals surface area contributed by atoms with Crippen LogP contribution in [0, 0.1) is 11.8 Å². The van der Waals surface area contributed by atoms with Gasteiger partial charge in [-0.2, -0.15) is 0 Å². The molecule has 4 atom stereocenters. The van der Waals surface area contributed by atoms with Crippen molar-refractivity contribution < 1.29 is 14.3 Å². The van der Waals surface area contributed by atoms with Gasteiger partial charge in [-0.15, -0.1) is 0 Å². The van der Waals surface area contributed by atoms with Crippen molar-refractivity contribution in [1.82, 2.24) is 4.90 Å². The average Bonchev–Trinajstić information content (AvgIpc) is 2.79. The van der Waals surface area contributed by atoms with Gasteiger partial charge in [-0.1, -0.05) is 12.2 Å². The molecule has 15 heavy (non-hydrogen) atoms. The van der Waals surface area contributed by atoms with Crippen LogP contribution in [0.15, 0.2) is 12.2 Å². The van der Waals surface area contributed by atoms with Gasteiger partial charge in [0.25, 0.3) is 0 Å².